The van der Waals surface area contributed by atoms with Crippen LogP contribution in [0.5, 0.6) is 5.75 Å². The molecule has 0 saturated carbocycles. The Kier molecular flexibility index (Phi) is 4.42. The van der Waals surface area contributed by atoms with Gasteiger partial charge in [-0.05, 0) is 26.0 Å². The third kappa shape index (κ3) is 3.28. The van der Waals surface area contributed by atoms with Crippen molar-refractivity contribution in [2.75, 3.05) is 7.11 Å². The van der Waals surface area contributed by atoms with Crippen LogP contribution in [0.4, 0.5) is 13.2 Å². The van der Waals surface area contributed by atoms with Crippen molar-refractivity contribution >= 4 is 12.3 Å². The third-order valence-corrected chi connectivity index (χ3v) is 2.51. The summed E-state index contributed by atoms with van der Waals surface area (Å²) in [6, 6.07) is 3.03. The smallest absolute Gasteiger partial charge is 0.419 e. The molecule has 0 heterocycles. The van der Waals surface area contributed by atoms with E-state index in [9.17, 15) is 22.8 Å². The van der Waals surface area contributed by atoms with Crippen molar-refractivity contribution in [1.82, 2.24) is 0 Å². The Morgan fingerprint density at radius 3 is 2.30 bits per heavy atom. The molecule has 0 amide bonds. The summed E-state index contributed by atoms with van der Waals surface area (Å²) >= 11 is 0. The maximum Gasteiger partial charge on any atom is 0.419 e. The molecule has 1 aromatic carbocycles. The van der Waals surface area contributed by atoms with Crippen molar-refractivity contribution in [1.29, 1.82) is 0 Å². The molecule has 0 bridgehead atoms. The molecule has 0 radical (unpaired) electrons. The van der Waals surface area contributed by atoms with E-state index in [1.54, 1.807) is 0 Å². The molecule has 1 aromatic rings. The number of hydrogen-bond donors (Lipinski definition) is 0. The molecule has 0 aliphatic carbocycles. The maximum atomic E-state index is 12.9. The summed E-state index contributed by atoms with van der Waals surface area (Å²) in [7, 11) is 1.09. The van der Waals surface area contributed by atoms with Crippen LogP contribution in [0.25, 0.3) is 0 Å². The number of para-hydroxylation sites is 1. The predicted molar refractivity (Wildman–Crippen MR) is 63.6 cm³/mol. The number of alkyl halides is 3. The van der Waals surface area contributed by atoms with Crippen LogP contribution < -0.4 is 4.74 Å². The number of ether oxygens (including phenoxy) is 2. The fourth-order valence-electron chi connectivity index (χ4n) is 1.53. The minimum Gasteiger partial charge on any atom is -0.475 e. The lowest BCUT2D eigenvalue weighted by Gasteiger charge is -2.26. The van der Waals surface area contributed by atoms with Crippen molar-refractivity contribution in [2.24, 2.45) is 0 Å². The number of carbonyl (C=O) groups is 2. The summed E-state index contributed by atoms with van der Waals surface area (Å²) in [5, 5.41) is 0. The van der Waals surface area contributed by atoms with Gasteiger partial charge < -0.3 is 9.47 Å². The van der Waals surface area contributed by atoms with E-state index in [4.69, 9.17) is 4.74 Å². The van der Waals surface area contributed by atoms with Crippen LogP contribution in [-0.4, -0.2) is 25.0 Å². The first-order valence-electron chi connectivity index (χ1n) is 5.56. The lowest BCUT2D eigenvalue weighted by molar-refractivity contribution is -0.158. The first-order chi connectivity index (χ1) is 9.13. The van der Waals surface area contributed by atoms with Gasteiger partial charge in [-0.2, -0.15) is 13.2 Å². The monoisotopic (exact) mass is 290 g/mol. The number of halogens is 3. The van der Waals surface area contributed by atoms with Gasteiger partial charge in [0.25, 0.3) is 0 Å². The highest BCUT2D eigenvalue weighted by atomic mass is 19.4. The Balaban J connectivity index is 3.36. The largest absolute Gasteiger partial charge is 0.475 e. The fraction of sp³-hybridized carbons (Fsp3) is 0.385. The summed E-state index contributed by atoms with van der Waals surface area (Å²) < 4.78 is 48.3. The third-order valence-electron chi connectivity index (χ3n) is 2.51. The van der Waals surface area contributed by atoms with Gasteiger partial charge >= 0.3 is 12.1 Å². The Hall–Kier alpha value is -2.05. The zero-order chi connectivity index (χ0) is 15.6. The molecule has 0 saturated heterocycles. The molecule has 0 N–H and O–H groups in total. The van der Waals surface area contributed by atoms with Crippen LogP contribution in [-0.2, 0) is 15.7 Å². The second-order valence-electron chi connectivity index (χ2n) is 4.44. The number of benzene rings is 1. The highest BCUT2D eigenvalue weighted by Crippen LogP contribution is 2.39. The van der Waals surface area contributed by atoms with Gasteiger partial charge in [0.15, 0.2) is 11.9 Å². The van der Waals surface area contributed by atoms with Gasteiger partial charge in [-0.1, -0.05) is 6.07 Å². The normalized spacial score (nSPS) is 11.9. The molecule has 0 aliphatic heterocycles. The van der Waals surface area contributed by atoms with Gasteiger partial charge in [-0.3, -0.25) is 4.79 Å². The molecule has 0 aliphatic rings. The van der Waals surface area contributed by atoms with Crippen molar-refractivity contribution in [3.05, 3.63) is 29.3 Å². The summed E-state index contributed by atoms with van der Waals surface area (Å²) in [4.78, 5) is 22.3. The van der Waals surface area contributed by atoms with E-state index in [0.717, 1.165) is 19.2 Å². The molecule has 0 spiro atoms. The number of carbonyl (C=O) groups excluding carboxylic acids is 2. The number of methoxy groups -OCH3 is 1. The molecule has 0 atom stereocenters. The molecule has 110 valence electrons. The summed E-state index contributed by atoms with van der Waals surface area (Å²) in [5.74, 6) is -1.54. The van der Waals surface area contributed by atoms with Gasteiger partial charge in [0.1, 0.15) is 5.75 Å². The van der Waals surface area contributed by atoms with Gasteiger partial charge in [0, 0.05) is 0 Å². The highest BCUT2D eigenvalue weighted by Gasteiger charge is 2.39. The van der Waals surface area contributed by atoms with E-state index in [0.29, 0.717) is 0 Å². The first kappa shape index (κ1) is 16.0. The number of esters is 1. The van der Waals surface area contributed by atoms with Gasteiger partial charge in [-0.25, -0.2) is 4.79 Å². The molecule has 4 nitrogen and oxygen atoms in total. The maximum absolute atomic E-state index is 12.9. The Labute approximate surface area is 113 Å². The summed E-state index contributed by atoms with van der Waals surface area (Å²) in [6.45, 7) is 2.50. The lowest BCUT2D eigenvalue weighted by Crippen LogP contribution is -2.40. The van der Waals surface area contributed by atoms with Crippen LogP contribution in [0.2, 0.25) is 0 Å². The molecule has 0 unspecified atom stereocenters. The molecule has 0 fully saturated rings. The van der Waals surface area contributed by atoms with E-state index >= 15 is 0 Å². The summed E-state index contributed by atoms with van der Waals surface area (Å²) in [6.07, 6.45) is -4.47. The van der Waals surface area contributed by atoms with Crippen LogP contribution >= 0.6 is 0 Å². The van der Waals surface area contributed by atoms with Crippen LogP contribution in [0, 0.1) is 0 Å². The van der Waals surface area contributed by atoms with Gasteiger partial charge in [0.05, 0.1) is 18.2 Å². The molecule has 7 heteroatoms. The minimum absolute atomic E-state index is 0.234. The molecular formula is C13H13F3O4. The van der Waals surface area contributed by atoms with E-state index in [-0.39, 0.29) is 11.8 Å². The van der Waals surface area contributed by atoms with Crippen molar-refractivity contribution < 1.29 is 32.2 Å². The summed E-state index contributed by atoms with van der Waals surface area (Å²) in [5.41, 5.74) is -3.08. The average molecular weight is 290 g/mol. The standard InChI is InChI=1S/C13H13F3O4/c1-12(2,11(18)19-3)20-10-8(7-17)5-4-6-9(10)13(14,15)16/h4-7H,1-3H3. The van der Waals surface area contributed by atoms with E-state index in [1.165, 1.54) is 19.9 Å². The van der Waals surface area contributed by atoms with Crippen molar-refractivity contribution in [3.63, 3.8) is 0 Å². The van der Waals surface area contributed by atoms with Gasteiger partial charge in [0.2, 0.25) is 0 Å². The number of rotatable bonds is 4. The zero-order valence-corrected chi connectivity index (χ0v) is 11.1. The average Bonchev–Trinajstić information content (AvgIpc) is 2.36. The van der Waals surface area contributed by atoms with E-state index < -0.39 is 29.1 Å². The van der Waals surface area contributed by atoms with Crippen molar-refractivity contribution in [2.45, 2.75) is 25.6 Å². The SMILES string of the molecule is COC(=O)C(C)(C)Oc1c(C=O)cccc1C(F)(F)F. The second-order valence-corrected chi connectivity index (χ2v) is 4.44. The highest BCUT2D eigenvalue weighted by molar-refractivity contribution is 5.82. The lowest BCUT2D eigenvalue weighted by atomic mass is 10.1. The van der Waals surface area contributed by atoms with Crippen LogP contribution in [0.15, 0.2) is 18.2 Å². The molecule has 20 heavy (non-hydrogen) atoms. The Bertz CT molecular complexity index is 521. The minimum atomic E-state index is -4.71. The Morgan fingerprint density at radius 1 is 1.25 bits per heavy atom. The molecular weight excluding hydrogens is 277 g/mol. The number of hydrogen-bond acceptors (Lipinski definition) is 4. The predicted octanol–water partition coefficient (Wildman–Crippen LogP) is 2.85. The fourth-order valence-corrected chi connectivity index (χ4v) is 1.53. The molecule has 0 aromatic heterocycles. The topological polar surface area (TPSA) is 52.6 Å². The second kappa shape index (κ2) is 5.52. The Morgan fingerprint density at radius 2 is 1.85 bits per heavy atom. The van der Waals surface area contributed by atoms with Gasteiger partial charge in [-0.15, -0.1) is 0 Å². The van der Waals surface area contributed by atoms with E-state index in [1.807, 2.05) is 0 Å². The van der Waals surface area contributed by atoms with Crippen molar-refractivity contribution in [3.8, 4) is 5.75 Å². The quantitative estimate of drug-likeness (QED) is 0.632. The first-order valence-corrected chi connectivity index (χ1v) is 5.56. The van der Waals surface area contributed by atoms with Crippen LogP contribution in [0.3, 0.4) is 0 Å². The number of aldehydes is 1. The zero-order valence-electron chi connectivity index (χ0n) is 11.1. The van der Waals surface area contributed by atoms with E-state index in [2.05, 4.69) is 4.74 Å². The molecule has 1 rings (SSSR count). The van der Waals surface area contributed by atoms with Crippen LogP contribution in [0.1, 0.15) is 29.8 Å².